The van der Waals surface area contributed by atoms with E-state index in [0.29, 0.717) is 11.1 Å². The van der Waals surface area contributed by atoms with Crippen molar-refractivity contribution in [2.24, 2.45) is 5.41 Å². The number of nitrogens with one attached hydrogen (secondary N) is 1. The maximum absolute atomic E-state index is 13.1. The first kappa shape index (κ1) is 28.9. The average molecular weight is 523 g/mol. The Morgan fingerprint density at radius 1 is 1.08 bits per heavy atom. The number of amides is 2. The summed E-state index contributed by atoms with van der Waals surface area (Å²) in [6.45, 7) is 5.01. The molecule has 0 heterocycles. The Morgan fingerprint density at radius 3 is 2.17 bits per heavy atom. The second-order valence-corrected chi connectivity index (χ2v) is 11.1. The number of carbonyl (C=O) groups excluding carboxylic acids is 3. The highest BCUT2D eigenvalue weighted by Crippen LogP contribution is 2.26. The van der Waals surface area contributed by atoms with E-state index in [2.05, 4.69) is 5.32 Å². The van der Waals surface area contributed by atoms with Gasteiger partial charge in [-0.2, -0.15) is 0 Å². The van der Waals surface area contributed by atoms with Gasteiger partial charge < -0.3 is 10.1 Å². The van der Waals surface area contributed by atoms with Crippen LogP contribution in [0.25, 0.3) is 11.1 Å². The average Bonchev–Trinajstić information content (AvgIpc) is 2.81. The van der Waals surface area contributed by atoms with E-state index in [9.17, 15) is 32.4 Å². The number of nitrogens with zero attached hydrogens (tertiary/aromatic N) is 1. The molecule has 2 rings (SSSR count). The van der Waals surface area contributed by atoms with E-state index in [1.54, 1.807) is 45.0 Å². The third-order valence-electron chi connectivity index (χ3n) is 5.39. The Hall–Kier alpha value is -3.31. The highest BCUT2D eigenvalue weighted by atomic mass is 32.2. The van der Waals surface area contributed by atoms with Crippen LogP contribution < -0.4 is 5.32 Å². The number of hydroxylamine groups is 2. The Kier molecular flexibility index (Phi) is 10.1. The zero-order valence-corrected chi connectivity index (χ0v) is 21.3. The molecule has 1 atom stereocenters. The van der Waals surface area contributed by atoms with E-state index < -0.39 is 38.9 Å². The minimum atomic E-state index is -3.96. The molecular formula is C25H31FN2O7S. The summed E-state index contributed by atoms with van der Waals surface area (Å²) in [5.41, 5.74) is 0.669. The zero-order chi connectivity index (χ0) is 26.9. The van der Waals surface area contributed by atoms with Crippen molar-refractivity contribution < 1.29 is 37.1 Å². The maximum Gasteiger partial charge on any atom is 0.306 e. The molecule has 9 nitrogen and oxygen atoms in total. The molecule has 0 saturated carbocycles. The van der Waals surface area contributed by atoms with Crippen molar-refractivity contribution in [3.8, 4) is 11.1 Å². The Labute approximate surface area is 210 Å². The van der Waals surface area contributed by atoms with Crippen molar-refractivity contribution >= 4 is 28.1 Å². The fourth-order valence-corrected chi connectivity index (χ4v) is 5.08. The van der Waals surface area contributed by atoms with Gasteiger partial charge in [-0.05, 0) is 47.7 Å². The zero-order valence-electron chi connectivity index (χ0n) is 20.4. The molecule has 2 N–H and O–H groups in total. The van der Waals surface area contributed by atoms with Crippen molar-refractivity contribution in [3.05, 3.63) is 54.3 Å². The van der Waals surface area contributed by atoms with Crippen LogP contribution in [0.15, 0.2) is 53.4 Å². The number of carbonyl (C=O) groups is 3. The van der Waals surface area contributed by atoms with Gasteiger partial charge in [-0.25, -0.2) is 17.9 Å². The van der Waals surface area contributed by atoms with Gasteiger partial charge in [-0.15, -0.1) is 0 Å². The van der Waals surface area contributed by atoms with E-state index in [-0.39, 0.29) is 48.2 Å². The smallest absolute Gasteiger partial charge is 0.306 e. The molecule has 36 heavy (non-hydrogen) atoms. The molecule has 2 aromatic rings. The molecule has 0 spiro atoms. The summed E-state index contributed by atoms with van der Waals surface area (Å²) in [5, 5.41) is 12.6. The molecule has 0 aliphatic carbocycles. The summed E-state index contributed by atoms with van der Waals surface area (Å²) in [6, 6.07) is 10.4. The fourth-order valence-electron chi connectivity index (χ4n) is 3.56. The summed E-state index contributed by atoms with van der Waals surface area (Å²) in [4.78, 5) is 35.2. The molecule has 0 fully saturated rings. The van der Waals surface area contributed by atoms with Gasteiger partial charge in [0.15, 0.2) is 9.84 Å². The normalized spacial score (nSPS) is 12.5. The van der Waals surface area contributed by atoms with E-state index >= 15 is 0 Å². The van der Waals surface area contributed by atoms with Gasteiger partial charge in [0.25, 0.3) is 0 Å². The quantitative estimate of drug-likeness (QED) is 0.179. The van der Waals surface area contributed by atoms with Crippen LogP contribution in [0.2, 0.25) is 0 Å². The fraction of sp³-hybridized carbons (Fsp3) is 0.400. The summed E-state index contributed by atoms with van der Waals surface area (Å²) in [7, 11) is -3.96. The van der Waals surface area contributed by atoms with Gasteiger partial charge in [0, 0.05) is 13.0 Å². The summed E-state index contributed by atoms with van der Waals surface area (Å²) < 4.78 is 43.9. The number of benzene rings is 2. The van der Waals surface area contributed by atoms with Gasteiger partial charge in [-0.3, -0.25) is 19.6 Å². The lowest BCUT2D eigenvalue weighted by Crippen LogP contribution is -2.46. The molecule has 0 saturated heterocycles. The van der Waals surface area contributed by atoms with E-state index in [0.717, 1.165) is 0 Å². The highest BCUT2D eigenvalue weighted by molar-refractivity contribution is 7.91. The van der Waals surface area contributed by atoms with Crippen LogP contribution in [0, 0.1) is 11.2 Å². The minimum Gasteiger partial charge on any atom is -0.466 e. The molecule has 0 radical (unpaired) electrons. The van der Waals surface area contributed by atoms with Gasteiger partial charge in [-0.1, -0.05) is 38.1 Å². The Bertz CT molecular complexity index is 1150. The van der Waals surface area contributed by atoms with Crippen molar-refractivity contribution in [1.29, 1.82) is 0 Å². The third-order valence-corrected chi connectivity index (χ3v) is 7.20. The lowest BCUT2D eigenvalue weighted by Gasteiger charge is -2.25. The predicted molar refractivity (Wildman–Crippen MR) is 130 cm³/mol. The van der Waals surface area contributed by atoms with Crippen LogP contribution in [0.1, 0.15) is 33.6 Å². The molecule has 11 heteroatoms. The molecule has 0 bridgehead atoms. The molecule has 0 aliphatic heterocycles. The van der Waals surface area contributed by atoms with Gasteiger partial charge >= 0.3 is 5.97 Å². The molecule has 0 aliphatic rings. The molecular weight excluding hydrogens is 491 g/mol. The molecule has 1 unspecified atom stereocenters. The predicted octanol–water partition coefficient (Wildman–Crippen LogP) is 2.97. The highest BCUT2D eigenvalue weighted by Gasteiger charge is 2.29. The Balaban J connectivity index is 2.06. The van der Waals surface area contributed by atoms with E-state index in [4.69, 9.17) is 4.74 Å². The van der Waals surface area contributed by atoms with Crippen LogP contribution in [0.3, 0.4) is 0 Å². The van der Waals surface area contributed by atoms with Gasteiger partial charge in [0.05, 0.1) is 29.7 Å². The van der Waals surface area contributed by atoms with Crippen LogP contribution in [0.4, 0.5) is 4.39 Å². The number of hydrogen-bond donors (Lipinski definition) is 2. The molecule has 0 aromatic heterocycles. The lowest BCUT2D eigenvalue weighted by atomic mass is 9.85. The SMILES string of the molecule is CCOC(=O)CC(C)(C)CC(=O)NCC(CS(=O)(=O)c1ccc(-c2ccc(F)cc2)cc1)N(O)C=O. The van der Waals surface area contributed by atoms with Gasteiger partial charge in [0.2, 0.25) is 12.3 Å². The molecule has 196 valence electrons. The van der Waals surface area contributed by atoms with Crippen LogP contribution in [0.5, 0.6) is 0 Å². The largest absolute Gasteiger partial charge is 0.466 e. The first-order valence-corrected chi connectivity index (χ1v) is 13.0. The first-order chi connectivity index (χ1) is 16.9. The molecule has 2 amide bonds. The minimum absolute atomic E-state index is 0.0143. The summed E-state index contributed by atoms with van der Waals surface area (Å²) in [5.74, 6) is -1.95. The third kappa shape index (κ3) is 8.72. The number of sulfone groups is 1. The summed E-state index contributed by atoms with van der Waals surface area (Å²) >= 11 is 0. The van der Waals surface area contributed by atoms with Crippen LogP contribution in [-0.4, -0.2) is 61.9 Å². The Morgan fingerprint density at radius 2 is 1.64 bits per heavy atom. The van der Waals surface area contributed by atoms with Crippen LogP contribution >= 0.6 is 0 Å². The van der Waals surface area contributed by atoms with Crippen molar-refractivity contribution in [2.75, 3.05) is 18.9 Å². The number of esters is 1. The topological polar surface area (TPSA) is 130 Å². The van der Waals surface area contributed by atoms with Crippen molar-refractivity contribution in [3.63, 3.8) is 0 Å². The standard InChI is InChI=1S/C25H31FN2O7S/c1-4-35-24(31)14-25(2,3)13-23(30)27-15-21(28(32)17-29)16-36(33,34)22-11-7-19(8-12-22)18-5-9-20(26)10-6-18/h5-12,17,21,32H,4,13-16H2,1-3H3,(H,27,30). The van der Waals surface area contributed by atoms with E-state index in [1.807, 2.05) is 0 Å². The number of hydrogen-bond acceptors (Lipinski definition) is 7. The lowest BCUT2D eigenvalue weighted by molar-refractivity contribution is -0.158. The van der Waals surface area contributed by atoms with Crippen molar-refractivity contribution in [2.45, 2.75) is 44.6 Å². The van der Waals surface area contributed by atoms with Gasteiger partial charge in [0.1, 0.15) is 5.82 Å². The number of rotatable bonds is 13. The second-order valence-electron chi connectivity index (χ2n) is 9.08. The first-order valence-electron chi connectivity index (χ1n) is 11.3. The second kappa shape index (κ2) is 12.6. The number of halogens is 1. The van der Waals surface area contributed by atoms with Crippen molar-refractivity contribution in [1.82, 2.24) is 10.4 Å². The maximum atomic E-state index is 13.1. The van der Waals surface area contributed by atoms with E-state index in [1.165, 1.54) is 24.3 Å². The monoisotopic (exact) mass is 522 g/mol. The molecule has 2 aromatic carbocycles. The summed E-state index contributed by atoms with van der Waals surface area (Å²) in [6.07, 6.45) is 0.0256. The number of ether oxygens (including phenoxy) is 1. The van der Waals surface area contributed by atoms with Crippen LogP contribution in [-0.2, 0) is 29.0 Å².